The lowest BCUT2D eigenvalue weighted by Crippen LogP contribution is -2.01. The lowest BCUT2D eigenvalue weighted by molar-refractivity contribution is 0.0979. The van der Waals surface area contributed by atoms with E-state index < -0.39 is 16.7 Å². The Hall–Kier alpha value is -0.960. The summed E-state index contributed by atoms with van der Waals surface area (Å²) in [5.41, 5.74) is 0.0443. The molecule has 82 valence electrons. The summed E-state index contributed by atoms with van der Waals surface area (Å²) >= 11 is 5.30. The maximum absolute atomic E-state index is 13.0. The van der Waals surface area contributed by atoms with E-state index in [1.165, 1.54) is 0 Å². The highest BCUT2D eigenvalue weighted by molar-refractivity contribution is 6.31. The van der Waals surface area contributed by atoms with E-state index in [0.29, 0.717) is 12.8 Å². The molecule has 0 saturated heterocycles. The third kappa shape index (κ3) is 2.99. The van der Waals surface area contributed by atoms with Crippen molar-refractivity contribution in [2.75, 3.05) is 0 Å². The zero-order valence-electron chi connectivity index (χ0n) is 8.32. The zero-order chi connectivity index (χ0) is 11.4. The van der Waals surface area contributed by atoms with Crippen LogP contribution in [0.5, 0.6) is 0 Å². The number of unbranched alkanes of at least 4 members (excludes halogenated alkanes) is 1. The summed E-state index contributed by atoms with van der Waals surface area (Å²) in [4.78, 5) is 11.4. The average molecular weight is 233 g/mol. The van der Waals surface area contributed by atoms with Gasteiger partial charge in [-0.25, -0.2) is 8.78 Å². The SMILES string of the molecule is CCCCC(=O)c1cc(F)c(Cl)c(F)c1. The molecule has 0 radical (unpaired) electrons. The normalized spacial score (nSPS) is 10.4. The van der Waals surface area contributed by atoms with E-state index in [2.05, 4.69) is 0 Å². The van der Waals surface area contributed by atoms with Crippen molar-refractivity contribution in [3.8, 4) is 0 Å². The third-order valence-electron chi connectivity index (χ3n) is 2.06. The highest BCUT2D eigenvalue weighted by Crippen LogP contribution is 2.21. The predicted octanol–water partition coefficient (Wildman–Crippen LogP) is 3.99. The molecule has 0 unspecified atom stereocenters. The molecule has 0 amide bonds. The Balaban J connectivity index is 2.91. The molecule has 0 aliphatic heterocycles. The summed E-state index contributed by atoms with van der Waals surface area (Å²) < 4.78 is 26.0. The molecule has 0 fully saturated rings. The molecule has 0 aliphatic carbocycles. The lowest BCUT2D eigenvalue weighted by Gasteiger charge is -2.02. The van der Waals surface area contributed by atoms with Gasteiger partial charge in [-0.15, -0.1) is 0 Å². The van der Waals surface area contributed by atoms with Crippen molar-refractivity contribution < 1.29 is 13.6 Å². The lowest BCUT2D eigenvalue weighted by atomic mass is 10.1. The second-order valence-corrected chi connectivity index (χ2v) is 3.66. The van der Waals surface area contributed by atoms with Crippen molar-refractivity contribution in [1.82, 2.24) is 0 Å². The summed E-state index contributed by atoms with van der Waals surface area (Å²) in [6.07, 6.45) is 1.88. The van der Waals surface area contributed by atoms with Gasteiger partial charge in [-0.1, -0.05) is 24.9 Å². The smallest absolute Gasteiger partial charge is 0.163 e. The van der Waals surface area contributed by atoms with Crippen molar-refractivity contribution in [2.45, 2.75) is 26.2 Å². The molecule has 1 nitrogen and oxygen atoms in total. The summed E-state index contributed by atoms with van der Waals surface area (Å²) in [5.74, 6) is -2.04. The van der Waals surface area contributed by atoms with Crippen LogP contribution in [0.25, 0.3) is 0 Å². The molecule has 4 heteroatoms. The Morgan fingerprint density at radius 1 is 1.33 bits per heavy atom. The first kappa shape index (κ1) is 12.1. The molecule has 1 aromatic rings. The van der Waals surface area contributed by atoms with Crippen LogP contribution < -0.4 is 0 Å². The number of halogens is 3. The van der Waals surface area contributed by atoms with Gasteiger partial charge in [0.05, 0.1) is 0 Å². The number of benzene rings is 1. The van der Waals surface area contributed by atoms with Crippen molar-refractivity contribution in [2.24, 2.45) is 0 Å². The monoisotopic (exact) mass is 232 g/mol. The number of carbonyl (C=O) groups is 1. The van der Waals surface area contributed by atoms with Gasteiger partial charge in [-0.3, -0.25) is 4.79 Å². The summed E-state index contributed by atoms with van der Waals surface area (Å²) in [6, 6.07) is 1.95. The topological polar surface area (TPSA) is 17.1 Å². The fraction of sp³-hybridized carbons (Fsp3) is 0.364. The fourth-order valence-electron chi connectivity index (χ4n) is 1.20. The van der Waals surface area contributed by atoms with Crippen molar-refractivity contribution in [1.29, 1.82) is 0 Å². The first-order valence-electron chi connectivity index (χ1n) is 4.74. The first-order valence-corrected chi connectivity index (χ1v) is 5.11. The Morgan fingerprint density at radius 2 is 1.87 bits per heavy atom. The van der Waals surface area contributed by atoms with Gasteiger partial charge in [-0.05, 0) is 18.6 Å². The van der Waals surface area contributed by atoms with E-state index in [1.54, 1.807) is 0 Å². The molecule has 0 aromatic heterocycles. The average Bonchev–Trinajstić information content (AvgIpc) is 2.21. The second-order valence-electron chi connectivity index (χ2n) is 3.28. The van der Waals surface area contributed by atoms with Crippen molar-refractivity contribution in [3.63, 3.8) is 0 Å². The molecule has 0 atom stereocenters. The number of carbonyl (C=O) groups excluding carboxylic acids is 1. The van der Waals surface area contributed by atoms with Gasteiger partial charge < -0.3 is 0 Å². The van der Waals surface area contributed by atoms with Crippen LogP contribution in [0.4, 0.5) is 8.78 Å². The van der Waals surface area contributed by atoms with E-state index in [0.717, 1.165) is 18.6 Å². The van der Waals surface area contributed by atoms with E-state index >= 15 is 0 Å². The molecular weight excluding hydrogens is 222 g/mol. The summed E-state index contributed by atoms with van der Waals surface area (Å²) in [6.45, 7) is 1.94. The van der Waals surface area contributed by atoms with E-state index in [4.69, 9.17) is 11.6 Å². The van der Waals surface area contributed by atoms with E-state index in [9.17, 15) is 13.6 Å². The zero-order valence-corrected chi connectivity index (χ0v) is 9.07. The minimum absolute atomic E-state index is 0.0443. The summed E-state index contributed by atoms with van der Waals surface area (Å²) in [7, 11) is 0. The van der Waals surface area contributed by atoms with Gasteiger partial charge in [0, 0.05) is 12.0 Å². The van der Waals surface area contributed by atoms with Crippen LogP contribution in [0.2, 0.25) is 5.02 Å². The maximum Gasteiger partial charge on any atom is 0.163 e. The van der Waals surface area contributed by atoms with Gasteiger partial charge in [0.25, 0.3) is 0 Å². The maximum atomic E-state index is 13.0. The van der Waals surface area contributed by atoms with Gasteiger partial charge in [-0.2, -0.15) is 0 Å². The minimum atomic E-state index is -0.892. The van der Waals surface area contributed by atoms with Crippen LogP contribution >= 0.6 is 11.6 Å². The number of hydrogen-bond acceptors (Lipinski definition) is 1. The predicted molar refractivity (Wildman–Crippen MR) is 55.2 cm³/mol. The van der Waals surface area contributed by atoms with E-state index in [1.807, 2.05) is 6.92 Å². The molecule has 0 heterocycles. The van der Waals surface area contributed by atoms with Crippen molar-refractivity contribution in [3.05, 3.63) is 34.4 Å². The first-order chi connectivity index (χ1) is 7.06. The van der Waals surface area contributed by atoms with Gasteiger partial charge in [0.1, 0.15) is 16.7 Å². The molecule has 0 saturated carbocycles. The molecule has 1 aromatic carbocycles. The van der Waals surface area contributed by atoms with E-state index in [-0.39, 0.29) is 11.3 Å². The molecule has 0 spiro atoms. The number of rotatable bonds is 4. The van der Waals surface area contributed by atoms with Crippen molar-refractivity contribution >= 4 is 17.4 Å². The Kier molecular flexibility index (Phi) is 4.21. The molecular formula is C11H11ClF2O. The Bertz CT molecular complexity index is 354. The Morgan fingerprint density at radius 3 is 2.33 bits per heavy atom. The highest BCUT2D eigenvalue weighted by atomic mass is 35.5. The van der Waals surface area contributed by atoms with Gasteiger partial charge in [0.2, 0.25) is 0 Å². The quantitative estimate of drug-likeness (QED) is 0.567. The second kappa shape index (κ2) is 5.21. The van der Waals surface area contributed by atoms with Gasteiger partial charge in [0.15, 0.2) is 5.78 Å². The molecule has 15 heavy (non-hydrogen) atoms. The largest absolute Gasteiger partial charge is 0.294 e. The van der Waals surface area contributed by atoms with Crippen LogP contribution in [-0.4, -0.2) is 5.78 Å². The van der Waals surface area contributed by atoms with Crippen LogP contribution in [0.3, 0.4) is 0 Å². The van der Waals surface area contributed by atoms with Crippen LogP contribution in [-0.2, 0) is 0 Å². The molecule has 0 bridgehead atoms. The molecule has 0 N–H and O–H groups in total. The fourth-order valence-corrected chi connectivity index (χ4v) is 1.31. The Labute approximate surface area is 92.1 Å². The number of Topliss-reactive ketones (excluding diaryl/α,β-unsaturated/α-hetero) is 1. The summed E-state index contributed by atoms with van der Waals surface area (Å²) in [5, 5.41) is -0.568. The number of hydrogen-bond donors (Lipinski definition) is 0. The molecule has 0 aliphatic rings. The number of ketones is 1. The van der Waals surface area contributed by atoms with Gasteiger partial charge >= 0.3 is 0 Å². The standard InChI is InChI=1S/C11H11ClF2O/c1-2-3-4-10(15)7-5-8(13)11(12)9(14)6-7/h5-6H,2-4H2,1H3. The molecule has 1 rings (SSSR count). The third-order valence-corrected chi connectivity index (χ3v) is 2.42. The van der Waals surface area contributed by atoms with Crippen LogP contribution in [0.1, 0.15) is 36.5 Å². The minimum Gasteiger partial charge on any atom is -0.294 e. The van der Waals surface area contributed by atoms with Crippen LogP contribution in [0.15, 0.2) is 12.1 Å². The van der Waals surface area contributed by atoms with Crippen LogP contribution in [0, 0.1) is 11.6 Å². The highest BCUT2D eigenvalue weighted by Gasteiger charge is 2.13.